The van der Waals surface area contributed by atoms with Gasteiger partial charge in [0, 0.05) is 6.42 Å². The van der Waals surface area contributed by atoms with Gasteiger partial charge in [0.1, 0.15) is 6.04 Å². The summed E-state index contributed by atoms with van der Waals surface area (Å²) < 4.78 is 0. The Hall–Kier alpha value is -1.10. The van der Waals surface area contributed by atoms with Crippen LogP contribution in [-0.4, -0.2) is 24.4 Å². The van der Waals surface area contributed by atoms with E-state index in [0.717, 1.165) is 0 Å². The highest BCUT2D eigenvalue weighted by atomic mass is 16.2. The molecule has 1 heterocycles. The van der Waals surface area contributed by atoms with Crippen molar-refractivity contribution in [3.8, 4) is 0 Å². The lowest BCUT2D eigenvalue weighted by Crippen LogP contribution is -2.50. The normalized spacial score (nSPS) is 29.6. The molecule has 0 aromatic heterocycles. The molecule has 2 atom stereocenters. The van der Waals surface area contributed by atoms with Crippen LogP contribution in [0.15, 0.2) is 0 Å². The third-order valence-corrected chi connectivity index (χ3v) is 2.06. The third-order valence-electron chi connectivity index (χ3n) is 2.06. The maximum atomic E-state index is 11.0. The van der Waals surface area contributed by atoms with Crippen LogP contribution in [0.1, 0.15) is 12.8 Å². The molecule has 0 aromatic carbocycles. The number of carbonyl (C=O) groups is 2. The van der Waals surface area contributed by atoms with Crippen molar-refractivity contribution in [1.29, 1.82) is 0 Å². The highest BCUT2D eigenvalue weighted by Crippen LogP contribution is 2.15. The lowest BCUT2D eigenvalue weighted by molar-refractivity contribution is -0.130. The Labute approximate surface area is 70.5 Å². The average Bonchev–Trinajstić information content (AvgIpc) is 2.03. The Morgan fingerprint density at radius 2 is 2.33 bits per heavy atom. The lowest BCUT2D eigenvalue weighted by atomic mass is 9.92. The lowest BCUT2D eigenvalue weighted by Gasteiger charge is -2.26. The zero-order valence-corrected chi connectivity index (χ0v) is 6.75. The summed E-state index contributed by atoms with van der Waals surface area (Å²) in [7, 11) is 0. The van der Waals surface area contributed by atoms with Crippen molar-refractivity contribution < 1.29 is 9.59 Å². The summed E-state index contributed by atoms with van der Waals surface area (Å²) in [6.45, 7) is 0.428. The number of primary amides is 1. The molecule has 1 aliphatic heterocycles. The van der Waals surface area contributed by atoms with E-state index in [-0.39, 0.29) is 11.8 Å². The standard InChI is InChI=1S/C7H13N3O2/c8-3-4-1-5(7(9)12)10-6(11)2-4/h4-5H,1-3,8H2,(H2,9,12)(H,10,11). The van der Waals surface area contributed by atoms with Crippen LogP contribution in [0, 0.1) is 5.92 Å². The highest BCUT2D eigenvalue weighted by Gasteiger charge is 2.28. The van der Waals surface area contributed by atoms with E-state index in [2.05, 4.69) is 5.32 Å². The van der Waals surface area contributed by atoms with E-state index in [1.165, 1.54) is 0 Å². The van der Waals surface area contributed by atoms with Crippen LogP contribution in [0.4, 0.5) is 0 Å². The van der Waals surface area contributed by atoms with Gasteiger partial charge in [0.2, 0.25) is 11.8 Å². The van der Waals surface area contributed by atoms with E-state index in [0.29, 0.717) is 19.4 Å². The van der Waals surface area contributed by atoms with Gasteiger partial charge in [-0.25, -0.2) is 0 Å². The van der Waals surface area contributed by atoms with Crippen molar-refractivity contribution in [2.45, 2.75) is 18.9 Å². The van der Waals surface area contributed by atoms with Crippen LogP contribution in [-0.2, 0) is 9.59 Å². The van der Waals surface area contributed by atoms with E-state index < -0.39 is 11.9 Å². The molecular weight excluding hydrogens is 158 g/mol. The molecule has 12 heavy (non-hydrogen) atoms. The fraction of sp³-hybridized carbons (Fsp3) is 0.714. The monoisotopic (exact) mass is 171 g/mol. The summed E-state index contributed by atoms with van der Waals surface area (Å²) in [6, 6.07) is -0.528. The van der Waals surface area contributed by atoms with Gasteiger partial charge in [-0.2, -0.15) is 0 Å². The molecule has 0 saturated carbocycles. The number of nitrogens with two attached hydrogens (primary N) is 2. The molecule has 68 valence electrons. The molecule has 0 radical (unpaired) electrons. The first kappa shape index (κ1) is 8.99. The van der Waals surface area contributed by atoms with E-state index >= 15 is 0 Å². The first-order valence-electron chi connectivity index (χ1n) is 3.92. The van der Waals surface area contributed by atoms with Crippen molar-refractivity contribution in [1.82, 2.24) is 5.32 Å². The second kappa shape index (κ2) is 3.53. The fourth-order valence-electron chi connectivity index (χ4n) is 1.36. The summed E-state index contributed by atoms with van der Waals surface area (Å²) in [6.07, 6.45) is 0.970. The maximum absolute atomic E-state index is 11.0. The Morgan fingerprint density at radius 1 is 1.67 bits per heavy atom. The van der Waals surface area contributed by atoms with Crippen molar-refractivity contribution in [2.75, 3.05) is 6.54 Å². The van der Waals surface area contributed by atoms with Crippen LogP contribution >= 0.6 is 0 Å². The molecule has 2 unspecified atom stereocenters. The molecule has 5 N–H and O–H groups in total. The number of hydrogen-bond acceptors (Lipinski definition) is 3. The largest absolute Gasteiger partial charge is 0.368 e. The van der Waals surface area contributed by atoms with Gasteiger partial charge in [0.15, 0.2) is 0 Å². The minimum absolute atomic E-state index is 0.0937. The van der Waals surface area contributed by atoms with E-state index in [4.69, 9.17) is 11.5 Å². The summed E-state index contributed by atoms with van der Waals surface area (Å²) >= 11 is 0. The van der Waals surface area contributed by atoms with Gasteiger partial charge in [-0.05, 0) is 18.9 Å². The summed E-state index contributed by atoms with van der Waals surface area (Å²) in [5, 5.41) is 2.51. The smallest absolute Gasteiger partial charge is 0.240 e. The SMILES string of the molecule is NCC1CC(=O)NC(C(N)=O)C1. The molecule has 1 saturated heterocycles. The quantitative estimate of drug-likeness (QED) is 0.463. The van der Waals surface area contributed by atoms with E-state index in [1.807, 2.05) is 0 Å². The molecule has 5 heteroatoms. The van der Waals surface area contributed by atoms with Crippen molar-refractivity contribution in [3.63, 3.8) is 0 Å². The number of rotatable bonds is 2. The molecule has 1 fully saturated rings. The predicted octanol–water partition coefficient (Wildman–Crippen LogP) is -1.67. The van der Waals surface area contributed by atoms with Crippen LogP contribution in [0.5, 0.6) is 0 Å². The molecule has 1 aliphatic rings. The van der Waals surface area contributed by atoms with Gasteiger partial charge in [-0.3, -0.25) is 9.59 Å². The van der Waals surface area contributed by atoms with Crippen LogP contribution in [0.3, 0.4) is 0 Å². The van der Waals surface area contributed by atoms with Crippen LogP contribution < -0.4 is 16.8 Å². The fourth-order valence-corrected chi connectivity index (χ4v) is 1.36. The average molecular weight is 171 g/mol. The van der Waals surface area contributed by atoms with Crippen molar-refractivity contribution in [3.05, 3.63) is 0 Å². The van der Waals surface area contributed by atoms with Gasteiger partial charge < -0.3 is 16.8 Å². The Morgan fingerprint density at radius 3 is 2.83 bits per heavy atom. The van der Waals surface area contributed by atoms with Gasteiger partial charge >= 0.3 is 0 Å². The molecule has 0 bridgehead atoms. The number of carbonyl (C=O) groups excluding carboxylic acids is 2. The van der Waals surface area contributed by atoms with Crippen molar-refractivity contribution in [2.24, 2.45) is 17.4 Å². The number of amides is 2. The molecule has 0 spiro atoms. The molecule has 0 aromatic rings. The zero-order chi connectivity index (χ0) is 9.14. The maximum Gasteiger partial charge on any atom is 0.240 e. The van der Waals surface area contributed by atoms with Gasteiger partial charge in [-0.15, -0.1) is 0 Å². The second-order valence-electron chi connectivity index (χ2n) is 3.06. The zero-order valence-electron chi connectivity index (χ0n) is 6.75. The summed E-state index contributed by atoms with van der Waals surface area (Å²) in [4.78, 5) is 21.7. The number of hydrogen-bond donors (Lipinski definition) is 3. The molecule has 1 rings (SSSR count). The van der Waals surface area contributed by atoms with Gasteiger partial charge in [0.05, 0.1) is 0 Å². The first-order valence-corrected chi connectivity index (χ1v) is 3.92. The highest BCUT2D eigenvalue weighted by molar-refractivity contribution is 5.87. The van der Waals surface area contributed by atoms with E-state index in [9.17, 15) is 9.59 Å². The summed E-state index contributed by atoms with van der Waals surface area (Å²) in [5.41, 5.74) is 10.4. The van der Waals surface area contributed by atoms with Gasteiger partial charge in [-0.1, -0.05) is 0 Å². The first-order chi connectivity index (χ1) is 5.63. The molecular formula is C7H13N3O2. The molecule has 0 aliphatic carbocycles. The minimum Gasteiger partial charge on any atom is -0.368 e. The Kier molecular flexibility index (Phi) is 2.65. The molecule has 2 amide bonds. The second-order valence-corrected chi connectivity index (χ2v) is 3.06. The predicted molar refractivity (Wildman–Crippen MR) is 42.9 cm³/mol. The van der Waals surface area contributed by atoms with E-state index in [1.54, 1.807) is 0 Å². The van der Waals surface area contributed by atoms with Crippen LogP contribution in [0.25, 0.3) is 0 Å². The molecule has 5 nitrogen and oxygen atoms in total. The Balaban J connectivity index is 2.56. The number of piperidine rings is 1. The van der Waals surface area contributed by atoms with Crippen molar-refractivity contribution >= 4 is 11.8 Å². The third kappa shape index (κ3) is 1.94. The summed E-state index contributed by atoms with van der Waals surface area (Å²) in [5.74, 6) is -0.529. The van der Waals surface area contributed by atoms with Crippen LogP contribution in [0.2, 0.25) is 0 Å². The minimum atomic E-state index is -0.528. The topological polar surface area (TPSA) is 98.2 Å². The Bertz CT molecular complexity index is 205. The van der Waals surface area contributed by atoms with Gasteiger partial charge in [0.25, 0.3) is 0 Å². The number of nitrogens with one attached hydrogen (secondary N) is 1.